The number of ether oxygens (including phenoxy) is 1. The van der Waals surface area contributed by atoms with Gasteiger partial charge in [-0.05, 0) is 42.5 Å². The van der Waals surface area contributed by atoms with Gasteiger partial charge in [-0.2, -0.15) is 10.1 Å². The third-order valence-electron chi connectivity index (χ3n) is 4.68. The number of carbonyl (C=O) groups excluding carboxylic acids is 1. The summed E-state index contributed by atoms with van der Waals surface area (Å²) in [5, 5.41) is 15.8. The summed E-state index contributed by atoms with van der Waals surface area (Å²) in [5.41, 5.74) is 2.49. The number of carbonyl (C=O) groups is 1. The largest absolute Gasteiger partial charge is 0.497 e. The number of hydrogen-bond acceptors (Lipinski definition) is 7. The van der Waals surface area contributed by atoms with Gasteiger partial charge in [0.2, 0.25) is 0 Å². The van der Waals surface area contributed by atoms with Crippen molar-refractivity contribution in [3.63, 3.8) is 0 Å². The van der Waals surface area contributed by atoms with Crippen LogP contribution in [0.25, 0.3) is 22.0 Å². The number of aromatic nitrogens is 4. The molecule has 5 rings (SSSR count). The van der Waals surface area contributed by atoms with E-state index < -0.39 is 0 Å². The first-order valence-corrected chi connectivity index (χ1v) is 10.0. The molecule has 8 nitrogen and oxygen atoms in total. The summed E-state index contributed by atoms with van der Waals surface area (Å²) in [6.07, 6.45) is 2.20. The van der Waals surface area contributed by atoms with Crippen LogP contribution in [0.3, 0.4) is 0 Å². The molecule has 1 amide bonds. The molecule has 1 saturated carbocycles. The van der Waals surface area contributed by atoms with Crippen LogP contribution in [-0.4, -0.2) is 33.4 Å². The molecule has 3 heterocycles. The average molecular weight is 407 g/mol. The molecule has 0 unspecified atom stereocenters. The molecule has 1 aliphatic rings. The van der Waals surface area contributed by atoms with Crippen molar-refractivity contribution in [2.75, 3.05) is 12.4 Å². The van der Waals surface area contributed by atoms with E-state index in [2.05, 4.69) is 25.7 Å². The van der Waals surface area contributed by atoms with E-state index in [0.717, 1.165) is 34.9 Å². The van der Waals surface area contributed by atoms with E-state index in [4.69, 9.17) is 9.26 Å². The first kappa shape index (κ1) is 17.6. The van der Waals surface area contributed by atoms with E-state index in [1.54, 1.807) is 13.2 Å². The topological polar surface area (TPSA) is 106 Å². The lowest BCUT2D eigenvalue weighted by Gasteiger charge is -2.02. The fourth-order valence-corrected chi connectivity index (χ4v) is 3.74. The molecular weight excluding hydrogens is 390 g/mol. The highest BCUT2D eigenvalue weighted by Crippen LogP contribution is 2.40. The van der Waals surface area contributed by atoms with Crippen LogP contribution >= 0.6 is 11.3 Å². The monoisotopic (exact) mass is 407 g/mol. The van der Waals surface area contributed by atoms with Gasteiger partial charge < -0.3 is 14.6 Å². The van der Waals surface area contributed by atoms with Crippen molar-refractivity contribution >= 4 is 22.9 Å². The zero-order valence-electron chi connectivity index (χ0n) is 15.5. The van der Waals surface area contributed by atoms with Crippen LogP contribution in [0.5, 0.6) is 5.75 Å². The van der Waals surface area contributed by atoms with Gasteiger partial charge in [0.15, 0.2) is 5.82 Å². The number of thiophene rings is 1. The van der Waals surface area contributed by atoms with Gasteiger partial charge in [-0.15, -0.1) is 11.3 Å². The summed E-state index contributed by atoms with van der Waals surface area (Å²) in [4.78, 5) is 17.9. The van der Waals surface area contributed by atoms with E-state index in [-0.39, 0.29) is 5.91 Å². The van der Waals surface area contributed by atoms with Gasteiger partial charge >= 0.3 is 0 Å². The number of anilines is 1. The first-order valence-electron chi connectivity index (χ1n) is 9.14. The van der Waals surface area contributed by atoms with Crippen LogP contribution in [0.4, 0.5) is 5.69 Å². The third-order valence-corrected chi connectivity index (χ3v) is 5.58. The molecule has 146 valence electrons. The summed E-state index contributed by atoms with van der Waals surface area (Å²) >= 11 is 1.44. The smallest absolute Gasteiger partial charge is 0.273 e. The SMILES string of the molecule is COc1cccc(-c2cc(C(=O)Nc3ccsc3-c3nc(C4CC4)no3)[nH]n2)c1. The van der Waals surface area contributed by atoms with Crippen LogP contribution in [-0.2, 0) is 0 Å². The number of rotatable bonds is 6. The van der Waals surface area contributed by atoms with Crippen molar-refractivity contribution in [3.8, 4) is 27.8 Å². The maximum atomic E-state index is 12.7. The molecule has 1 fully saturated rings. The highest BCUT2D eigenvalue weighted by molar-refractivity contribution is 7.14. The zero-order chi connectivity index (χ0) is 19.8. The predicted octanol–water partition coefficient (Wildman–Crippen LogP) is 4.33. The summed E-state index contributed by atoms with van der Waals surface area (Å²) in [6, 6.07) is 11.0. The molecule has 0 atom stereocenters. The van der Waals surface area contributed by atoms with Crippen molar-refractivity contribution in [3.05, 3.63) is 53.3 Å². The van der Waals surface area contributed by atoms with Gasteiger partial charge in [0, 0.05) is 11.5 Å². The minimum Gasteiger partial charge on any atom is -0.497 e. The molecule has 0 radical (unpaired) electrons. The lowest BCUT2D eigenvalue weighted by atomic mass is 10.1. The molecule has 2 N–H and O–H groups in total. The molecule has 0 saturated heterocycles. The van der Waals surface area contributed by atoms with Crippen molar-refractivity contribution in [2.24, 2.45) is 0 Å². The Balaban J connectivity index is 1.35. The highest BCUT2D eigenvalue weighted by atomic mass is 32.1. The number of hydrogen-bond donors (Lipinski definition) is 2. The highest BCUT2D eigenvalue weighted by Gasteiger charge is 2.29. The first-order chi connectivity index (χ1) is 14.2. The Morgan fingerprint density at radius 2 is 2.21 bits per heavy atom. The Kier molecular flexibility index (Phi) is 4.36. The summed E-state index contributed by atoms with van der Waals surface area (Å²) < 4.78 is 10.6. The Morgan fingerprint density at radius 3 is 3.03 bits per heavy atom. The van der Waals surface area contributed by atoms with Gasteiger partial charge in [0.1, 0.15) is 16.3 Å². The quantitative estimate of drug-likeness (QED) is 0.493. The minimum absolute atomic E-state index is 0.298. The number of nitrogens with one attached hydrogen (secondary N) is 2. The van der Waals surface area contributed by atoms with Gasteiger partial charge in [-0.25, -0.2) is 0 Å². The van der Waals surface area contributed by atoms with Gasteiger partial charge in [0.05, 0.1) is 18.5 Å². The number of H-pyrrole nitrogens is 1. The molecular formula is C20H17N5O3S. The van der Waals surface area contributed by atoms with Crippen molar-refractivity contribution in [1.82, 2.24) is 20.3 Å². The van der Waals surface area contributed by atoms with E-state index >= 15 is 0 Å². The molecule has 1 aliphatic carbocycles. The van der Waals surface area contributed by atoms with E-state index in [9.17, 15) is 4.79 Å². The second-order valence-electron chi connectivity index (χ2n) is 6.75. The second-order valence-corrected chi connectivity index (χ2v) is 7.66. The van der Waals surface area contributed by atoms with Crippen LogP contribution in [0.1, 0.15) is 35.1 Å². The Hall–Kier alpha value is -3.46. The lowest BCUT2D eigenvalue weighted by molar-refractivity contribution is 0.102. The average Bonchev–Trinajstić information content (AvgIpc) is 3.15. The fourth-order valence-electron chi connectivity index (χ4n) is 2.97. The molecule has 0 aliphatic heterocycles. The molecule has 3 aromatic heterocycles. The van der Waals surface area contributed by atoms with Crippen LogP contribution in [0, 0.1) is 0 Å². The lowest BCUT2D eigenvalue weighted by Crippen LogP contribution is -2.12. The Morgan fingerprint density at radius 1 is 1.31 bits per heavy atom. The molecule has 1 aromatic carbocycles. The minimum atomic E-state index is -0.298. The number of aromatic amines is 1. The van der Waals surface area contributed by atoms with Crippen molar-refractivity contribution < 1.29 is 14.1 Å². The van der Waals surface area contributed by atoms with E-state index in [1.807, 2.05) is 35.7 Å². The maximum Gasteiger partial charge on any atom is 0.273 e. The Labute approximate surface area is 169 Å². The van der Waals surface area contributed by atoms with Gasteiger partial charge in [0.25, 0.3) is 11.8 Å². The normalized spacial score (nSPS) is 13.4. The maximum absolute atomic E-state index is 12.7. The molecule has 4 aromatic rings. The van der Waals surface area contributed by atoms with Crippen molar-refractivity contribution in [2.45, 2.75) is 18.8 Å². The Bertz CT molecular complexity index is 1170. The summed E-state index contributed by atoms with van der Waals surface area (Å²) in [5.74, 6) is 2.00. The summed E-state index contributed by atoms with van der Waals surface area (Å²) in [7, 11) is 1.61. The van der Waals surface area contributed by atoms with Gasteiger partial charge in [-0.1, -0.05) is 17.3 Å². The van der Waals surface area contributed by atoms with Crippen LogP contribution in [0.2, 0.25) is 0 Å². The molecule has 0 spiro atoms. The number of benzene rings is 1. The molecule has 9 heteroatoms. The zero-order valence-corrected chi connectivity index (χ0v) is 16.3. The molecule has 29 heavy (non-hydrogen) atoms. The van der Waals surface area contributed by atoms with E-state index in [0.29, 0.717) is 28.9 Å². The number of nitrogens with zero attached hydrogens (tertiary/aromatic N) is 3. The predicted molar refractivity (Wildman–Crippen MR) is 108 cm³/mol. The van der Waals surface area contributed by atoms with E-state index in [1.165, 1.54) is 11.3 Å². The second kappa shape index (κ2) is 7.17. The fraction of sp³-hybridized carbons (Fsp3) is 0.200. The van der Waals surface area contributed by atoms with Crippen LogP contribution < -0.4 is 10.1 Å². The van der Waals surface area contributed by atoms with Gasteiger partial charge in [-0.3, -0.25) is 9.89 Å². The standard InChI is InChI=1S/C20H17N5O3S/c1-27-13-4-2-3-12(9-13)15-10-16(24-23-15)19(26)21-14-7-8-29-17(14)20-22-18(25-28-20)11-5-6-11/h2-4,7-11H,5-6H2,1H3,(H,21,26)(H,23,24). The number of amides is 1. The number of methoxy groups -OCH3 is 1. The van der Waals surface area contributed by atoms with Crippen molar-refractivity contribution in [1.29, 1.82) is 0 Å². The third kappa shape index (κ3) is 3.52. The molecule has 0 bridgehead atoms. The summed E-state index contributed by atoms with van der Waals surface area (Å²) in [6.45, 7) is 0. The van der Waals surface area contributed by atoms with Crippen LogP contribution in [0.15, 0.2) is 46.3 Å².